The van der Waals surface area contributed by atoms with Crippen molar-refractivity contribution in [2.45, 2.75) is 32.7 Å². The first kappa shape index (κ1) is 15.4. The standard InChI is InChI=1S/C14H21FN2O2/c1-3-11(4-2)17(9-10-18)14(19)16-13-8-6-5-7-12(13)15/h5-8,11,18H,3-4,9-10H2,1-2H3,(H,16,19). The molecule has 0 saturated heterocycles. The highest BCUT2D eigenvalue weighted by Gasteiger charge is 2.21. The van der Waals surface area contributed by atoms with Crippen LogP contribution in [0.2, 0.25) is 0 Å². The summed E-state index contributed by atoms with van der Waals surface area (Å²) in [6.45, 7) is 4.09. The van der Waals surface area contributed by atoms with Crippen molar-refractivity contribution in [1.82, 2.24) is 4.90 Å². The molecule has 5 heteroatoms. The van der Waals surface area contributed by atoms with Crippen LogP contribution in [0.4, 0.5) is 14.9 Å². The van der Waals surface area contributed by atoms with E-state index in [-0.39, 0.29) is 30.9 Å². The quantitative estimate of drug-likeness (QED) is 0.833. The molecule has 1 aromatic carbocycles. The number of benzene rings is 1. The lowest BCUT2D eigenvalue weighted by Gasteiger charge is -2.30. The van der Waals surface area contributed by atoms with Gasteiger partial charge in [0.05, 0.1) is 12.3 Å². The van der Waals surface area contributed by atoms with E-state index >= 15 is 0 Å². The van der Waals surface area contributed by atoms with Crippen molar-refractivity contribution in [3.63, 3.8) is 0 Å². The lowest BCUT2D eigenvalue weighted by molar-refractivity contribution is 0.158. The maximum Gasteiger partial charge on any atom is 0.322 e. The number of para-hydroxylation sites is 1. The Hall–Kier alpha value is -1.62. The van der Waals surface area contributed by atoms with Crippen molar-refractivity contribution in [3.05, 3.63) is 30.1 Å². The second-order valence-corrected chi connectivity index (χ2v) is 4.30. The number of carbonyl (C=O) groups is 1. The highest BCUT2D eigenvalue weighted by molar-refractivity contribution is 5.89. The molecule has 1 aromatic rings. The van der Waals surface area contributed by atoms with Crippen LogP contribution < -0.4 is 5.32 Å². The summed E-state index contributed by atoms with van der Waals surface area (Å²) in [6.07, 6.45) is 1.59. The third-order valence-electron chi connectivity index (χ3n) is 3.10. The molecule has 0 fully saturated rings. The number of anilines is 1. The van der Waals surface area contributed by atoms with Crippen LogP contribution >= 0.6 is 0 Å². The molecular formula is C14H21FN2O2. The van der Waals surface area contributed by atoms with Gasteiger partial charge in [0, 0.05) is 12.6 Å². The smallest absolute Gasteiger partial charge is 0.322 e. The lowest BCUT2D eigenvalue weighted by atomic mass is 10.1. The molecule has 0 spiro atoms. The van der Waals surface area contributed by atoms with E-state index in [1.807, 2.05) is 13.8 Å². The van der Waals surface area contributed by atoms with Gasteiger partial charge >= 0.3 is 6.03 Å². The first-order valence-corrected chi connectivity index (χ1v) is 6.57. The summed E-state index contributed by atoms with van der Waals surface area (Å²) in [4.78, 5) is 13.7. The largest absolute Gasteiger partial charge is 0.395 e. The van der Waals surface area contributed by atoms with Gasteiger partial charge in [0.25, 0.3) is 0 Å². The van der Waals surface area contributed by atoms with Crippen molar-refractivity contribution >= 4 is 11.7 Å². The van der Waals surface area contributed by atoms with E-state index in [4.69, 9.17) is 5.11 Å². The van der Waals surface area contributed by atoms with Crippen molar-refractivity contribution in [1.29, 1.82) is 0 Å². The van der Waals surface area contributed by atoms with E-state index in [1.54, 1.807) is 17.0 Å². The van der Waals surface area contributed by atoms with Gasteiger partial charge in [-0.2, -0.15) is 0 Å². The number of nitrogens with zero attached hydrogens (tertiary/aromatic N) is 1. The summed E-state index contributed by atoms with van der Waals surface area (Å²) in [6, 6.07) is 5.69. The van der Waals surface area contributed by atoms with Crippen LogP contribution in [-0.2, 0) is 0 Å². The van der Waals surface area contributed by atoms with Gasteiger partial charge in [-0.25, -0.2) is 9.18 Å². The minimum Gasteiger partial charge on any atom is -0.395 e. The Morgan fingerprint density at radius 1 is 1.37 bits per heavy atom. The first-order chi connectivity index (χ1) is 9.13. The average Bonchev–Trinajstić information content (AvgIpc) is 2.41. The molecule has 2 N–H and O–H groups in total. The number of hydrogen-bond donors (Lipinski definition) is 2. The maximum absolute atomic E-state index is 13.5. The van der Waals surface area contributed by atoms with Crippen molar-refractivity contribution in [3.8, 4) is 0 Å². The van der Waals surface area contributed by atoms with Crippen molar-refractivity contribution in [2.24, 2.45) is 0 Å². The zero-order chi connectivity index (χ0) is 14.3. The molecule has 106 valence electrons. The molecule has 19 heavy (non-hydrogen) atoms. The number of halogens is 1. The molecule has 0 atom stereocenters. The normalized spacial score (nSPS) is 10.6. The molecule has 1 rings (SSSR count). The van der Waals surface area contributed by atoms with E-state index in [0.717, 1.165) is 12.8 Å². The highest BCUT2D eigenvalue weighted by atomic mass is 19.1. The number of carbonyl (C=O) groups excluding carboxylic acids is 1. The summed E-state index contributed by atoms with van der Waals surface area (Å²) in [5.41, 5.74) is 0.154. The van der Waals surface area contributed by atoms with Gasteiger partial charge in [0.15, 0.2) is 0 Å². The lowest BCUT2D eigenvalue weighted by Crippen LogP contribution is -2.44. The van der Waals surface area contributed by atoms with Gasteiger partial charge in [0.2, 0.25) is 0 Å². The first-order valence-electron chi connectivity index (χ1n) is 6.57. The van der Waals surface area contributed by atoms with Crippen molar-refractivity contribution in [2.75, 3.05) is 18.5 Å². The third-order valence-corrected chi connectivity index (χ3v) is 3.10. The SMILES string of the molecule is CCC(CC)N(CCO)C(=O)Nc1ccccc1F. The van der Waals surface area contributed by atoms with Gasteiger partial charge in [0.1, 0.15) is 5.82 Å². The summed E-state index contributed by atoms with van der Waals surface area (Å²) < 4.78 is 13.5. The molecule has 0 aliphatic rings. The van der Waals surface area contributed by atoms with Gasteiger partial charge in [-0.3, -0.25) is 0 Å². The van der Waals surface area contributed by atoms with Gasteiger partial charge < -0.3 is 15.3 Å². The molecule has 0 aliphatic heterocycles. The predicted molar refractivity (Wildman–Crippen MR) is 73.6 cm³/mol. The number of nitrogens with one attached hydrogen (secondary N) is 1. The Balaban J connectivity index is 2.80. The van der Waals surface area contributed by atoms with Crippen LogP contribution in [0.5, 0.6) is 0 Å². The average molecular weight is 268 g/mol. The van der Waals surface area contributed by atoms with Gasteiger partial charge in [-0.1, -0.05) is 26.0 Å². The Morgan fingerprint density at radius 2 is 2.00 bits per heavy atom. The second-order valence-electron chi connectivity index (χ2n) is 4.30. The number of rotatable bonds is 6. The molecule has 0 radical (unpaired) electrons. The molecule has 0 bridgehead atoms. The van der Waals surface area contributed by atoms with E-state index in [1.165, 1.54) is 12.1 Å². The summed E-state index contributed by atoms with van der Waals surface area (Å²) in [5, 5.41) is 11.6. The molecule has 0 heterocycles. The summed E-state index contributed by atoms with van der Waals surface area (Å²) in [5.74, 6) is -0.468. The van der Waals surface area contributed by atoms with Crippen LogP contribution in [0.25, 0.3) is 0 Å². The summed E-state index contributed by atoms with van der Waals surface area (Å²) in [7, 11) is 0. The maximum atomic E-state index is 13.5. The van der Waals surface area contributed by atoms with Crippen LogP contribution in [0, 0.1) is 5.82 Å². The van der Waals surface area contributed by atoms with E-state index in [0.29, 0.717) is 0 Å². The minimum atomic E-state index is -0.468. The fourth-order valence-electron chi connectivity index (χ4n) is 2.04. The van der Waals surface area contributed by atoms with Crippen LogP contribution in [0.15, 0.2) is 24.3 Å². The Labute approximate surface area is 113 Å². The fraction of sp³-hybridized carbons (Fsp3) is 0.500. The van der Waals surface area contributed by atoms with Crippen LogP contribution in [-0.4, -0.2) is 35.2 Å². The molecular weight excluding hydrogens is 247 g/mol. The third kappa shape index (κ3) is 4.21. The van der Waals surface area contributed by atoms with E-state index in [9.17, 15) is 9.18 Å². The zero-order valence-electron chi connectivity index (χ0n) is 11.4. The highest BCUT2D eigenvalue weighted by Crippen LogP contribution is 2.15. The van der Waals surface area contributed by atoms with Crippen LogP contribution in [0.3, 0.4) is 0 Å². The number of aliphatic hydroxyl groups excluding tert-OH is 1. The minimum absolute atomic E-state index is 0.0407. The van der Waals surface area contributed by atoms with Crippen LogP contribution in [0.1, 0.15) is 26.7 Å². The summed E-state index contributed by atoms with van der Waals surface area (Å²) >= 11 is 0. The molecule has 0 aliphatic carbocycles. The van der Waals surface area contributed by atoms with Crippen molar-refractivity contribution < 1.29 is 14.3 Å². The monoisotopic (exact) mass is 268 g/mol. The second kappa shape index (κ2) is 7.74. The number of amides is 2. The molecule has 0 saturated carbocycles. The number of urea groups is 1. The number of aliphatic hydroxyl groups is 1. The van der Waals surface area contributed by atoms with Gasteiger partial charge in [-0.05, 0) is 25.0 Å². The Morgan fingerprint density at radius 3 is 2.53 bits per heavy atom. The topological polar surface area (TPSA) is 52.6 Å². The Bertz CT molecular complexity index is 408. The predicted octanol–water partition coefficient (Wildman–Crippen LogP) is 2.84. The zero-order valence-corrected chi connectivity index (χ0v) is 11.4. The van der Waals surface area contributed by atoms with E-state index < -0.39 is 5.82 Å². The Kier molecular flexibility index (Phi) is 6.29. The number of hydrogen-bond acceptors (Lipinski definition) is 2. The molecule has 4 nitrogen and oxygen atoms in total. The fourth-order valence-corrected chi connectivity index (χ4v) is 2.04. The molecule has 0 unspecified atom stereocenters. The molecule has 0 aromatic heterocycles. The molecule has 2 amide bonds. The van der Waals surface area contributed by atoms with E-state index in [2.05, 4.69) is 5.32 Å². The van der Waals surface area contributed by atoms with Gasteiger partial charge in [-0.15, -0.1) is 0 Å².